The third kappa shape index (κ3) is 4.61. The molecule has 3 rings (SSSR count). The van der Waals surface area contributed by atoms with Gasteiger partial charge in [0.1, 0.15) is 11.7 Å². The van der Waals surface area contributed by atoms with Crippen LogP contribution in [0.2, 0.25) is 0 Å². The zero-order valence-electron chi connectivity index (χ0n) is 18.8. The van der Waals surface area contributed by atoms with Crippen molar-refractivity contribution in [3.8, 4) is 0 Å². The monoisotopic (exact) mass is 418 g/mol. The number of aliphatic hydroxyl groups is 1. The van der Waals surface area contributed by atoms with E-state index in [-0.39, 0.29) is 29.4 Å². The van der Waals surface area contributed by atoms with Gasteiger partial charge in [-0.2, -0.15) is 0 Å². The Morgan fingerprint density at radius 3 is 2.32 bits per heavy atom. The van der Waals surface area contributed by atoms with Crippen LogP contribution in [0.25, 0.3) is 0 Å². The van der Waals surface area contributed by atoms with Crippen molar-refractivity contribution < 1.29 is 14.7 Å². The van der Waals surface area contributed by atoms with Crippen molar-refractivity contribution in [3.05, 3.63) is 71.0 Å². The van der Waals surface area contributed by atoms with E-state index in [0.717, 1.165) is 16.8 Å². The molecular weight excluding hydrogens is 388 g/mol. The Labute approximate surface area is 183 Å². The molecule has 1 atom stereocenters. The number of anilines is 1. The number of rotatable bonds is 5. The summed E-state index contributed by atoms with van der Waals surface area (Å²) in [4.78, 5) is 31.0. The van der Waals surface area contributed by atoms with Crippen molar-refractivity contribution in [2.75, 3.05) is 5.32 Å². The van der Waals surface area contributed by atoms with Crippen LogP contribution in [0, 0.1) is 25.2 Å². The van der Waals surface area contributed by atoms with Crippen LogP contribution in [0.5, 0.6) is 0 Å². The topological polar surface area (TPSA) is 78.8 Å². The molecule has 0 spiro atoms. The van der Waals surface area contributed by atoms with Gasteiger partial charge in [-0.15, -0.1) is 0 Å². The molecular formula is C26H30N2O3. The summed E-state index contributed by atoms with van der Waals surface area (Å²) in [7, 11) is 0. The van der Waals surface area contributed by atoms with E-state index < -0.39 is 11.3 Å². The highest BCUT2D eigenvalue weighted by Crippen LogP contribution is 2.43. The predicted octanol–water partition coefficient (Wildman–Crippen LogP) is 5.85. The van der Waals surface area contributed by atoms with Gasteiger partial charge < -0.3 is 10.4 Å². The number of amides is 1. The maximum Gasteiger partial charge on any atom is 0.235 e. The third-order valence-corrected chi connectivity index (χ3v) is 5.87. The van der Waals surface area contributed by atoms with Gasteiger partial charge in [0.05, 0.1) is 17.0 Å². The van der Waals surface area contributed by atoms with E-state index in [2.05, 4.69) is 10.3 Å². The van der Waals surface area contributed by atoms with Crippen LogP contribution in [-0.2, 0) is 9.59 Å². The van der Waals surface area contributed by atoms with Crippen molar-refractivity contribution in [3.63, 3.8) is 0 Å². The number of Topliss-reactive ketones (excluding diaryl/α,β-unsaturated/α-hetero) is 1. The molecule has 162 valence electrons. The second kappa shape index (κ2) is 8.88. The summed E-state index contributed by atoms with van der Waals surface area (Å²) >= 11 is 0. The van der Waals surface area contributed by atoms with Crippen molar-refractivity contribution in [1.29, 1.82) is 0 Å². The van der Waals surface area contributed by atoms with Crippen molar-refractivity contribution in [2.24, 2.45) is 16.3 Å². The Balaban J connectivity index is 2.06. The Morgan fingerprint density at radius 1 is 1.10 bits per heavy atom. The molecule has 1 aliphatic rings. The third-order valence-electron chi connectivity index (χ3n) is 5.87. The van der Waals surface area contributed by atoms with Gasteiger partial charge in [0.25, 0.3) is 0 Å². The maximum atomic E-state index is 13.3. The lowest BCUT2D eigenvalue weighted by Gasteiger charge is -2.37. The average molecular weight is 419 g/mol. The molecule has 31 heavy (non-hydrogen) atoms. The molecule has 5 nitrogen and oxygen atoms in total. The van der Waals surface area contributed by atoms with Gasteiger partial charge in [0, 0.05) is 12.1 Å². The molecule has 2 aromatic rings. The smallest absolute Gasteiger partial charge is 0.235 e. The number of allylic oxidation sites excluding steroid dienone is 1. The summed E-state index contributed by atoms with van der Waals surface area (Å²) in [5.74, 6) is -1.56. The number of aliphatic imine (C=N–C) groups is 1. The Bertz CT molecular complexity index is 1080. The molecule has 0 aliphatic heterocycles. The second-order valence-corrected chi connectivity index (χ2v) is 8.78. The van der Waals surface area contributed by atoms with E-state index in [9.17, 15) is 14.7 Å². The summed E-state index contributed by atoms with van der Waals surface area (Å²) in [6, 6.07) is 15.1. The van der Waals surface area contributed by atoms with Gasteiger partial charge in [0.2, 0.25) is 5.91 Å². The highest BCUT2D eigenvalue weighted by molar-refractivity contribution is 6.24. The quantitative estimate of drug-likeness (QED) is 0.598. The van der Waals surface area contributed by atoms with Crippen molar-refractivity contribution in [2.45, 2.75) is 47.5 Å². The lowest BCUT2D eigenvalue weighted by Crippen LogP contribution is -2.43. The molecule has 2 N–H and O–H groups in total. The molecule has 0 saturated carbocycles. The first kappa shape index (κ1) is 22.5. The minimum absolute atomic E-state index is 0.158. The van der Waals surface area contributed by atoms with E-state index >= 15 is 0 Å². The first-order valence-corrected chi connectivity index (χ1v) is 10.6. The SMILES string of the molecule is CCC(=Nc1ccccc1C)C1=C(O)C(C(=O)Nc2ccccc2C)C(C)(C)CC1=O. The van der Waals surface area contributed by atoms with Crippen molar-refractivity contribution >= 4 is 28.8 Å². The highest BCUT2D eigenvalue weighted by atomic mass is 16.3. The van der Waals surface area contributed by atoms with Gasteiger partial charge in [-0.05, 0) is 48.9 Å². The molecule has 0 aromatic heterocycles. The summed E-state index contributed by atoms with van der Waals surface area (Å²) < 4.78 is 0. The molecule has 0 fully saturated rings. The minimum atomic E-state index is -0.853. The van der Waals surface area contributed by atoms with E-state index in [4.69, 9.17) is 0 Å². The number of carbonyl (C=O) groups excluding carboxylic acids is 2. The average Bonchev–Trinajstić information content (AvgIpc) is 2.69. The van der Waals surface area contributed by atoms with Crippen LogP contribution in [0.3, 0.4) is 0 Å². The number of benzene rings is 2. The van der Waals surface area contributed by atoms with E-state index in [1.807, 2.05) is 83.1 Å². The van der Waals surface area contributed by atoms with Crippen LogP contribution in [-0.4, -0.2) is 22.5 Å². The number of ketones is 1. The van der Waals surface area contributed by atoms with Crippen molar-refractivity contribution in [1.82, 2.24) is 0 Å². The van der Waals surface area contributed by atoms with E-state index in [1.165, 1.54) is 0 Å². The number of nitrogens with one attached hydrogen (secondary N) is 1. The number of hydrogen-bond acceptors (Lipinski definition) is 4. The van der Waals surface area contributed by atoms with Crippen LogP contribution >= 0.6 is 0 Å². The van der Waals surface area contributed by atoms with Crippen LogP contribution in [0.4, 0.5) is 11.4 Å². The largest absolute Gasteiger partial charge is 0.511 e. The van der Waals surface area contributed by atoms with Crippen LogP contribution in [0.15, 0.2) is 64.9 Å². The molecule has 2 aromatic carbocycles. The second-order valence-electron chi connectivity index (χ2n) is 8.78. The Hall–Kier alpha value is -3.21. The Kier molecular flexibility index (Phi) is 6.44. The van der Waals surface area contributed by atoms with Crippen LogP contribution in [0.1, 0.15) is 44.7 Å². The van der Waals surface area contributed by atoms with Gasteiger partial charge in [-0.1, -0.05) is 57.2 Å². The van der Waals surface area contributed by atoms with E-state index in [1.54, 1.807) is 0 Å². The molecule has 0 bridgehead atoms. The number of nitrogens with zero attached hydrogens (tertiary/aromatic N) is 1. The van der Waals surface area contributed by atoms with Crippen LogP contribution < -0.4 is 5.32 Å². The standard InChI is InChI=1S/C26H30N2O3/c1-6-18(27-19-13-9-7-11-16(19)2)22-21(29)15-26(4,5)23(24(22)30)25(31)28-20-14-10-8-12-17(20)3/h7-14,23,30H,6,15H2,1-5H3,(H,28,31). The Morgan fingerprint density at radius 2 is 1.71 bits per heavy atom. The number of para-hydroxylation sites is 2. The van der Waals surface area contributed by atoms with Gasteiger partial charge >= 0.3 is 0 Å². The first-order chi connectivity index (χ1) is 14.7. The number of aliphatic hydroxyl groups excluding tert-OH is 1. The fourth-order valence-corrected chi connectivity index (χ4v) is 4.11. The normalized spacial score (nSPS) is 18.8. The van der Waals surface area contributed by atoms with Gasteiger partial charge in [0.15, 0.2) is 5.78 Å². The molecule has 1 amide bonds. The molecule has 5 heteroatoms. The lowest BCUT2D eigenvalue weighted by molar-refractivity contribution is -0.126. The summed E-state index contributed by atoms with van der Waals surface area (Å²) in [5.41, 5.74) is 3.30. The number of hydrogen-bond donors (Lipinski definition) is 2. The van der Waals surface area contributed by atoms with Gasteiger partial charge in [-0.25, -0.2) is 0 Å². The highest BCUT2D eigenvalue weighted by Gasteiger charge is 2.47. The van der Waals surface area contributed by atoms with Gasteiger partial charge in [-0.3, -0.25) is 14.6 Å². The zero-order chi connectivity index (χ0) is 22.8. The molecule has 0 saturated heterocycles. The van der Waals surface area contributed by atoms with E-state index in [0.29, 0.717) is 17.8 Å². The fourth-order valence-electron chi connectivity index (χ4n) is 4.11. The first-order valence-electron chi connectivity index (χ1n) is 10.6. The number of aryl methyl sites for hydroxylation is 2. The molecule has 1 aliphatic carbocycles. The zero-order valence-corrected chi connectivity index (χ0v) is 18.8. The maximum absolute atomic E-state index is 13.3. The summed E-state index contributed by atoms with van der Waals surface area (Å²) in [5, 5.41) is 14.2. The summed E-state index contributed by atoms with van der Waals surface area (Å²) in [6.07, 6.45) is 0.622. The molecule has 1 unspecified atom stereocenters. The molecule has 0 radical (unpaired) electrons. The fraction of sp³-hybridized carbons (Fsp3) is 0.346. The predicted molar refractivity (Wildman–Crippen MR) is 125 cm³/mol. The minimum Gasteiger partial charge on any atom is -0.511 e. The summed E-state index contributed by atoms with van der Waals surface area (Å²) in [6.45, 7) is 9.43. The molecule has 0 heterocycles. The number of carbonyl (C=O) groups is 2. The lowest BCUT2D eigenvalue weighted by atomic mass is 9.67.